The molecule has 2 N–H and O–H groups in total. The molecule has 20 heavy (non-hydrogen) atoms. The second-order valence-corrected chi connectivity index (χ2v) is 5.13. The molecule has 1 aromatic carbocycles. The lowest BCUT2D eigenvalue weighted by Crippen LogP contribution is -2.41. The van der Waals surface area contributed by atoms with Gasteiger partial charge in [0.25, 0.3) is 0 Å². The van der Waals surface area contributed by atoms with Gasteiger partial charge in [0.2, 0.25) is 0 Å². The topological polar surface area (TPSA) is 61.8 Å². The van der Waals surface area contributed by atoms with Gasteiger partial charge in [0.1, 0.15) is 5.75 Å². The summed E-state index contributed by atoms with van der Waals surface area (Å²) < 4.78 is 5.54. The van der Waals surface area contributed by atoms with E-state index < -0.39 is 0 Å². The molecule has 0 aliphatic rings. The highest BCUT2D eigenvalue weighted by Gasteiger charge is 2.16. The highest BCUT2D eigenvalue weighted by atomic mass is 16.5. The summed E-state index contributed by atoms with van der Waals surface area (Å²) in [6, 6.07) is 7.06. The standard InChI is InChI=1S/C15H24N2O3/c1-11(2)17(9-10-18)15(19)16-13-5-7-14(8-6-13)20-12(3)4/h5-8,11-12,18H,9-10H2,1-4H3,(H,16,19). The first-order valence-electron chi connectivity index (χ1n) is 6.89. The van der Waals surface area contributed by atoms with E-state index in [1.807, 2.05) is 39.8 Å². The molecule has 0 heterocycles. The SMILES string of the molecule is CC(C)Oc1ccc(NC(=O)N(CCO)C(C)C)cc1. The van der Waals surface area contributed by atoms with Crippen molar-refractivity contribution in [3.8, 4) is 5.75 Å². The predicted molar refractivity (Wildman–Crippen MR) is 80.2 cm³/mol. The molecule has 0 aliphatic carbocycles. The largest absolute Gasteiger partial charge is 0.491 e. The van der Waals surface area contributed by atoms with Crippen molar-refractivity contribution < 1.29 is 14.6 Å². The van der Waals surface area contributed by atoms with Crippen LogP contribution in [-0.4, -0.2) is 41.3 Å². The van der Waals surface area contributed by atoms with E-state index in [0.717, 1.165) is 5.75 Å². The van der Waals surface area contributed by atoms with Crippen LogP contribution >= 0.6 is 0 Å². The summed E-state index contributed by atoms with van der Waals surface area (Å²) in [6.45, 7) is 8.02. The van der Waals surface area contributed by atoms with Crippen LogP contribution in [0.3, 0.4) is 0 Å². The van der Waals surface area contributed by atoms with E-state index in [1.165, 1.54) is 0 Å². The number of amides is 2. The molecule has 0 aliphatic heterocycles. The molecular weight excluding hydrogens is 256 g/mol. The zero-order valence-electron chi connectivity index (χ0n) is 12.6. The Morgan fingerprint density at radius 3 is 2.30 bits per heavy atom. The molecule has 0 saturated heterocycles. The first-order valence-corrected chi connectivity index (χ1v) is 6.89. The molecule has 1 rings (SSSR count). The van der Waals surface area contributed by atoms with Gasteiger partial charge in [-0.05, 0) is 52.0 Å². The van der Waals surface area contributed by atoms with Gasteiger partial charge < -0.3 is 20.1 Å². The molecule has 1 aromatic rings. The lowest BCUT2D eigenvalue weighted by Gasteiger charge is -2.26. The summed E-state index contributed by atoms with van der Waals surface area (Å²) in [4.78, 5) is 13.7. The van der Waals surface area contributed by atoms with Crippen LogP contribution in [0.1, 0.15) is 27.7 Å². The van der Waals surface area contributed by atoms with Crippen LogP contribution in [-0.2, 0) is 0 Å². The van der Waals surface area contributed by atoms with E-state index in [1.54, 1.807) is 17.0 Å². The second kappa shape index (κ2) is 7.75. The third-order valence-corrected chi connectivity index (χ3v) is 2.70. The fourth-order valence-corrected chi connectivity index (χ4v) is 1.79. The van der Waals surface area contributed by atoms with Gasteiger partial charge in [0.05, 0.1) is 12.7 Å². The maximum Gasteiger partial charge on any atom is 0.322 e. The molecular formula is C15H24N2O3. The normalized spacial score (nSPS) is 10.8. The maximum absolute atomic E-state index is 12.1. The molecule has 0 atom stereocenters. The molecule has 112 valence electrons. The third-order valence-electron chi connectivity index (χ3n) is 2.70. The second-order valence-electron chi connectivity index (χ2n) is 5.13. The summed E-state index contributed by atoms with van der Waals surface area (Å²) in [5, 5.41) is 11.8. The Kier molecular flexibility index (Phi) is 6.31. The van der Waals surface area contributed by atoms with Crippen LogP contribution in [0.2, 0.25) is 0 Å². The van der Waals surface area contributed by atoms with Crippen LogP contribution < -0.4 is 10.1 Å². The zero-order valence-corrected chi connectivity index (χ0v) is 12.6. The number of hydrogen-bond donors (Lipinski definition) is 2. The number of aliphatic hydroxyl groups is 1. The molecule has 0 unspecified atom stereocenters. The summed E-state index contributed by atoms with van der Waals surface area (Å²) in [7, 11) is 0. The van der Waals surface area contributed by atoms with Crippen molar-refractivity contribution in [2.45, 2.75) is 39.8 Å². The summed E-state index contributed by atoms with van der Waals surface area (Å²) in [5.74, 6) is 0.772. The highest BCUT2D eigenvalue weighted by Crippen LogP contribution is 2.17. The van der Waals surface area contributed by atoms with Gasteiger partial charge in [-0.25, -0.2) is 4.79 Å². The van der Waals surface area contributed by atoms with Crippen molar-refractivity contribution in [1.82, 2.24) is 4.90 Å². The smallest absolute Gasteiger partial charge is 0.322 e. The minimum atomic E-state index is -0.216. The summed E-state index contributed by atoms with van der Waals surface area (Å²) in [5.41, 5.74) is 0.703. The van der Waals surface area contributed by atoms with E-state index in [0.29, 0.717) is 12.2 Å². The average molecular weight is 280 g/mol. The van der Waals surface area contributed by atoms with E-state index in [4.69, 9.17) is 9.84 Å². The number of anilines is 1. The minimum absolute atomic E-state index is 0.0331. The zero-order chi connectivity index (χ0) is 15.1. The Balaban J connectivity index is 2.65. The van der Waals surface area contributed by atoms with Gasteiger partial charge in [-0.3, -0.25) is 0 Å². The van der Waals surface area contributed by atoms with E-state index >= 15 is 0 Å². The Hall–Kier alpha value is -1.75. The number of carbonyl (C=O) groups excluding carboxylic acids is 1. The van der Waals surface area contributed by atoms with Crippen molar-refractivity contribution in [2.75, 3.05) is 18.5 Å². The van der Waals surface area contributed by atoms with E-state index in [-0.39, 0.29) is 24.8 Å². The van der Waals surface area contributed by atoms with Crippen LogP contribution in [0.25, 0.3) is 0 Å². The van der Waals surface area contributed by atoms with Crippen LogP contribution in [0.4, 0.5) is 10.5 Å². The number of rotatable bonds is 6. The molecule has 2 amide bonds. The Morgan fingerprint density at radius 2 is 1.85 bits per heavy atom. The fraction of sp³-hybridized carbons (Fsp3) is 0.533. The van der Waals surface area contributed by atoms with E-state index in [9.17, 15) is 4.79 Å². The fourth-order valence-electron chi connectivity index (χ4n) is 1.79. The number of ether oxygens (including phenoxy) is 1. The minimum Gasteiger partial charge on any atom is -0.491 e. The van der Waals surface area contributed by atoms with Crippen molar-refractivity contribution >= 4 is 11.7 Å². The van der Waals surface area contributed by atoms with Gasteiger partial charge >= 0.3 is 6.03 Å². The Morgan fingerprint density at radius 1 is 1.25 bits per heavy atom. The van der Waals surface area contributed by atoms with Crippen molar-refractivity contribution in [2.24, 2.45) is 0 Å². The number of urea groups is 1. The van der Waals surface area contributed by atoms with E-state index in [2.05, 4.69) is 5.32 Å². The monoisotopic (exact) mass is 280 g/mol. The number of hydrogen-bond acceptors (Lipinski definition) is 3. The molecule has 0 fully saturated rings. The quantitative estimate of drug-likeness (QED) is 0.842. The van der Waals surface area contributed by atoms with Crippen LogP contribution in [0, 0.1) is 0 Å². The number of nitrogens with one attached hydrogen (secondary N) is 1. The molecule has 5 nitrogen and oxygen atoms in total. The van der Waals surface area contributed by atoms with Crippen molar-refractivity contribution in [3.63, 3.8) is 0 Å². The molecule has 0 bridgehead atoms. The number of nitrogens with zero attached hydrogens (tertiary/aromatic N) is 1. The third kappa shape index (κ3) is 5.09. The highest BCUT2D eigenvalue weighted by molar-refractivity contribution is 5.89. The molecule has 0 saturated carbocycles. The van der Waals surface area contributed by atoms with Crippen molar-refractivity contribution in [3.05, 3.63) is 24.3 Å². The lowest BCUT2D eigenvalue weighted by atomic mass is 10.3. The Bertz CT molecular complexity index is 416. The van der Waals surface area contributed by atoms with Gasteiger partial charge in [-0.1, -0.05) is 0 Å². The predicted octanol–water partition coefficient (Wildman–Crippen LogP) is 2.71. The van der Waals surface area contributed by atoms with Crippen molar-refractivity contribution in [1.29, 1.82) is 0 Å². The molecule has 5 heteroatoms. The van der Waals surface area contributed by atoms with Crippen LogP contribution in [0.5, 0.6) is 5.75 Å². The molecule has 0 spiro atoms. The Labute approximate surface area is 120 Å². The number of benzene rings is 1. The molecule has 0 aromatic heterocycles. The average Bonchev–Trinajstić information content (AvgIpc) is 2.37. The first kappa shape index (κ1) is 16.3. The molecule has 0 radical (unpaired) electrons. The maximum atomic E-state index is 12.1. The van der Waals surface area contributed by atoms with Gasteiger partial charge in [0, 0.05) is 18.3 Å². The summed E-state index contributed by atoms with van der Waals surface area (Å²) >= 11 is 0. The number of aliphatic hydroxyl groups excluding tert-OH is 1. The summed E-state index contributed by atoms with van der Waals surface area (Å²) in [6.07, 6.45) is 0.122. The number of carbonyl (C=O) groups is 1. The first-order chi connectivity index (χ1) is 9.43. The van der Waals surface area contributed by atoms with Gasteiger partial charge in [-0.2, -0.15) is 0 Å². The lowest BCUT2D eigenvalue weighted by molar-refractivity contribution is 0.172. The van der Waals surface area contributed by atoms with Crippen LogP contribution in [0.15, 0.2) is 24.3 Å². The van der Waals surface area contributed by atoms with Gasteiger partial charge in [0.15, 0.2) is 0 Å². The van der Waals surface area contributed by atoms with Gasteiger partial charge in [-0.15, -0.1) is 0 Å².